The maximum absolute atomic E-state index is 0. The first-order chi connectivity index (χ1) is 0. The van der Waals surface area contributed by atoms with Gasteiger partial charge in [-0.2, -0.15) is 0 Å². The summed E-state index contributed by atoms with van der Waals surface area (Å²) in [7, 11) is 0. The van der Waals surface area contributed by atoms with Crippen LogP contribution in [0, 0.1) is 0 Å². The van der Waals surface area contributed by atoms with Gasteiger partial charge in [-0.15, -0.1) is 0 Å². The van der Waals surface area contributed by atoms with Crippen molar-refractivity contribution in [2.24, 2.45) is 0 Å². The molecule has 0 rings (SSSR count). The smallest absolute Gasteiger partial charge is 0 e. The maximum Gasteiger partial charge on any atom is 0 e. The zero-order valence-electron chi connectivity index (χ0n) is 1.00. The van der Waals surface area contributed by atoms with Crippen molar-refractivity contribution in [1.29, 1.82) is 0 Å². The standard InChI is InChI=1S/3Ga.Rb.9H. The Balaban J connectivity index is 0. The number of hydrogen-bond acceptors (Lipinski definition) is 0. The van der Waals surface area contributed by atoms with Crippen molar-refractivity contribution < 1.29 is 0 Å². The normalized spacial score (nSPS) is 0. The molecule has 0 amide bonds. The van der Waals surface area contributed by atoms with E-state index in [2.05, 4.69) is 0 Å². The van der Waals surface area contributed by atoms with Gasteiger partial charge in [-0.1, -0.05) is 0 Å². The number of rotatable bonds is 0. The van der Waals surface area contributed by atoms with Gasteiger partial charge in [0.05, 0.1) is 0 Å². The SMILES string of the molecule is [GaH3].[GaH3].[GaH3].[Rb]. The molecule has 0 fully saturated rings. The van der Waals surface area contributed by atoms with E-state index < -0.39 is 0 Å². The van der Waals surface area contributed by atoms with Crippen LogP contribution in [0.4, 0.5) is 0 Å². The fraction of sp³-hybridized carbons (Fsp3) is 0. The van der Waals surface area contributed by atoms with E-state index in [1.54, 1.807) is 0 Å². The maximum atomic E-state index is 0. The zero-order valence-corrected chi connectivity index (χ0v) is 5.92. The van der Waals surface area contributed by atoms with Crippen LogP contribution < -0.4 is 0 Å². The molecule has 0 N–H and O–H groups in total. The Kier molecular flexibility index (Phi) is 100. The zero-order chi connectivity index (χ0) is 0. The van der Waals surface area contributed by atoms with Crippen LogP contribution in [0.1, 0.15) is 0 Å². The molecular formula is H9Ga3Rb. The molecule has 0 aliphatic rings. The minimum absolute atomic E-state index is 0. The second-order valence-electron chi connectivity index (χ2n) is 0. The Morgan fingerprint density at radius 1 is 0.500 bits per heavy atom. The molecule has 4 heavy (non-hydrogen) atoms. The van der Waals surface area contributed by atoms with Gasteiger partial charge in [0.1, 0.15) is 0 Å². The van der Waals surface area contributed by atoms with Crippen molar-refractivity contribution in [3.8, 4) is 0 Å². The second-order valence-corrected chi connectivity index (χ2v) is 0. The van der Waals surface area contributed by atoms with E-state index in [1.165, 1.54) is 0 Å². The van der Waals surface area contributed by atoms with Crippen molar-refractivity contribution in [2.75, 3.05) is 0 Å². The van der Waals surface area contributed by atoms with Crippen LogP contribution in [0.3, 0.4) is 0 Å². The Bertz CT molecular complexity index is 3.25. The minimum atomic E-state index is 0. The van der Waals surface area contributed by atoms with Crippen LogP contribution >= 0.6 is 0 Å². The molecule has 0 aliphatic heterocycles. The van der Waals surface area contributed by atoms with E-state index in [9.17, 15) is 0 Å². The Morgan fingerprint density at radius 2 is 0.500 bits per heavy atom. The van der Waals surface area contributed by atoms with Crippen molar-refractivity contribution in [3.63, 3.8) is 0 Å². The van der Waals surface area contributed by atoms with E-state index in [0.717, 1.165) is 0 Å². The van der Waals surface area contributed by atoms with Crippen LogP contribution in [-0.2, 0) is 0 Å². The van der Waals surface area contributed by atoms with Crippen molar-refractivity contribution in [1.82, 2.24) is 0 Å². The van der Waals surface area contributed by atoms with Gasteiger partial charge in [0.25, 0.3) is 0 Å². The van der Waals surface area contributed by atoms with Gasteiger partial charge in [0, 0.05) is 58.2 Å². The molecule has 0 spiro atoms. The molecule has 0 saturated carbocycles. The van der Waals surface area contributed by atoms with Crippen LogP contribution in [0.5, 0.6) is 0 Å². The van der Waals surface area contributed by atoms with E-state index >= 15 is 0 Å². The van der Waals surface area contributed by atoms with Crippen molar-refractivity contribution in [3.05, 3.63) is 0 Å². The Morgan fingerprint density at radius 3 is 0.500 bits per heavy atom. The summed E-state index contributed by atoms with van der Waals surface area (Å²) in [5, 5.41) is 0. The van der Waals surface area contributed by atoms with Crippen LogP contribution in [0.15, 0.2) is 0 Å². The summed E-state index contributed by atoms with van der Waals surface area (Å²) in [5.41, 5.74) is 0. The molecule has 0 aromatic heterocycles. The van der Waals surface area contributed by atoms with E-state index in [4.69, 9.17) is 0 Å². The van der Waals surface area contributed by atoms with Gasteiger partial charge < -0.3 is 0 Å². The summed E-state index contributed by atoms with van der Waals surface area (Å²) in [6.45, 7) is 0. The molecule has 4 heteroatoms. The second kappa shape index (κ2) is 15.9. The van der Waals surface area contributed by atoms with Gasteiger partial charge in [-0.05, 0) is 0 Å². The largest absolute Gasteiger partial charge is 0 e. The minimum Gasteiger partial charge on any atom is 0 e. The first-order valence-corrected chi connectivity index (χ1v) is 0. The third-order valence-corrected chi connectivity index (χ3v) is 0. The predicted octanol–water partition coefficient (Wildman–Crippen LogP) is -3.93. The third-order valence-electron chi connectivity index (χ3n) is 0. The third kappa shape index (κ3) is 9.21. The molecular weight excluding hydrogens is 295 g/mol. The Hall–Kier alpha value is 3.71. The molecule has 0 atom stereocenters. The summed E-state index contributed by atoms with van der Waals surface area (Å²) >= 11 is 0. The summed E-state index contributed by atoms with van der Waals surface area (Å²) in [6, 6.07) is 0. The van der Waals surface area contributed by atoms with Gasteiger partial charge in [0.15, 0.2) is 0 Å². The van der Waals surface area contributed by atoms with Gasteiger partial charge in [-0.3, -0.25) is 0 Å². The molecule has 0 nitrogen and oxygen atoms in total. The summed E-state index contributed by atoms with van der Waals surface area (Å²) in [4.78, 5) is 0. The monoisotopic (exact) mass is 301 g/mol. The summed E-state index contributed by atoms with van der Waals surface area (Å²) < 4.78 is 0. The molecule has 0 aromatic rings. The topological polar surface area (TPSA) is 0 Å². The molecule has 0 saturated heterocycles. The van der Waals surface area contributed by atoms with Crippen molar-refractivity contribution in [2.45, 2.75) is 0 Å². The average molecular weight is 304 g/mol. The Labute approximate surface area is 114 Å². The quantitative estimate of drug-likeness (QED) is 0.401. The van der Waals surface area contributed by atoms with E-state index in [-0.39, 0.29) is 118 Å². The van der Waals surface area contributed by atoms with Crippen LogP contribution in [0.2, 0.25) is 0 Å². The van der Waals surface area contributed by atoms with Gasteiger partial charge in [0.2, 0.25) is 0 Å². The van der Waals surface area contributed by atoms with Crippen LogP contribution in [0.25, 0.3) is 0 Å². The fourth-order valence-corrected chi connectivity index (χ4v) is 0. The predicted molar refractivity (Wildman–Crippen MR) is 35.6 cm³/mol. The average Bonchev–Trinajstić information content (AvgIpc) is 0. The molecule has 19 valence electrons. The molecule has 0 heterocycles. The first kappa shape index (κ1) is 25.2. The first-order valence-electron chi connectivity index (χ1n) is 0. The van der Waals surface area contributed by atoms with E-state index in [0.29, 0.717) is 0 Å². The molecule has 1 radical (unpaired) electrons. The molecule has 0 bridgehead atoms. The van der Waals surface area contributed by atoms with Gasteiger partial charge in [-0.25, -0.2) is 0 Å². The molecule has 0 aliphatic carbocycles. The number of hydrogen-bond donors (Lipinski definition) is 0. The van der Waals surface area contributed by atoms with E-state index in [1.807, 2.05) is 0 Å². The molecule has 0 aromatic carbocycles. The van der Waals surface area contributed by atoms with Crippen LogP contribution in [-0.4, -0.2) is 118 Å². The molecule has 0 unspecified atom stereocenters. The van der Waals surface area contributed by atoms with Gasteiger partial charge >= 0.3 is 59.4 Å². The summed E-state index contributed by atoms with van der Waals surface area (Å²) in [5.74, 6) is 0. The van der Waals surface area contributed by atoms with Crippen molar-refractivity contribution >= 4 is 118 Å². The summed E-state index contributed by atoms with van der Waals surface area (Å²) in [6.07, 6.45) is 0. The fourth-order valence-electron chi connectivity index (χ4n) is 0.